The van der Waals surface area contributed by atoms with Gasteiger partial charge in [0.25, 0.3) is 11.8 Å². The van der Waals surface area contributed by atoms with E-state index in [1.54, 1.807) is 18.8 Å². The normalized spacial score (nSPS) is 19.1. The molecule has 0 saturated carbocycles. The Morgan fingerprint density at radius 2 is 1.73 bits per heavy atom. The topological polar surface area (TPSA) is 81.1 Å². The van der Waals surface area contributed by atoms with E-state index in [0.29, 0.717) is 19.6 Å². The Morgan fingerprint density at radius 1 is 1.09 bits per heavy atom. The third-order valence-corrected chi connectivity index (χ3v) is 7.64. The van der Waals surface area contributed by atoms with Gasteiger partial charge in [0.1, 0.15) is 0 Å². The lowest BCUT2D eigenvalue weighted by Gasteiger charge is -2.27. The van der Waals surface area contributed by atoms with Crippen molar-refractivity contribution in [3.8, 4) is 0 Å². The lowest BCUT2D eigenvalue weighted by Crippen LogP contribution is -2.50. The van der Waals surface area contributed by atoms with Crippen molar-refractivity contribution in [3.63, 3.8) is 0 Å². The first-order valence-corrected chi connectivity index (χ1v) is 12.2. The molecule has 2 amide bonds. The molecule has 0 saturated heterocycles. The van der Waals surface area contributed by atoms with Crippen LogP contribution in [0, 0.1) is 0 Å². The van der Waals surface area contributed by atoms with Gasteiger partial charge in [0.2, 0.25) is 0 Å². The molecule has 0 radical (unpaired) electrons. The van der Waals surface area contributed by atoms with Crippen LogP contribution in [0.5, 0.6) is 0 Å². The lowest BCUT2D eigenvalue weighted by atomic mass is 10.0. The molecule has 2 aromatic rings. The van der Waals surface area contributed by atoms with E-state index in [1.807, 2.05) is 48.5 Å². The molecule has 2 N–H and O–H groups in total. The van der Waals surface area contributed by atoms with Gasteiger partial charge in [-0.1, -0.05) is 59.6 Å². The van der Waals surface area contributed by atoms with Crippen LogP contribution in [-0.4, -0.2) is 62.9 Å². The van der Waals surface area contributed by atoms with Crippen molar-refractivity contribution in [1.29, 1.82) is 0 Å². The molecular formula is C25H27ClN2O4S. The molecular weight excluding hydrogens is 460 g/mol. The molecule has 6 nitrogen and oxygen atoms in total. The first-order chi connectivity index (χ1) is 15.8. The minimum absolute atomic E-state index is 0.143. The van der Waals surface area contributed by atoms with Gasteiger partial charge in [-0.15, -0.1) is 11.8 Å². The molecule has 2 heterocycles. The maximum Gasteiger partial charge on any atom is 0.255 e. The van der Waals surface area contributed by atoms with E-state index in [-0.39, 0.29) is 5.25 Å². The Kier molecular flexibility index (Phi) is 7.44. The monoisotopic (exact) mass is 486 g/mol. The number of aliphatic hydroxyl groups excluding tert-OH is 2. The first-order valence-electron chi connectivity index (χ1n) is 10.9. The highest BCUT2D eigenvalue weighted by atomic mass is 35.5. The number of halogens is 1. The quantitative estimate of drug-likeness (QED) is 0.629. The Bertz CT molecular complexity index is 1050. The highest BCUT2D eigenvalue weighted by molar-refractivity contribution is 8.03. The summed E-state index contributed by atoms with van der Waals surface area (Å²) in [5.74, 6) is -1.30. The molecule has 2 aromatic carbocycles. The number of likely N-dealkylation sites (N-methyl/N-ethyl adjacent to an activating group) is 1. The van der Waals surface area contributed by atoms with E-state index in [9.17, 15) is 19.8 Å². The van der Waals surface area contributed by atoms with Gasteiger partial charge >= 0.3 is 0 Å². The van der Waals surface area contributed by atoms with Crippen LogP contribution in [0.3, 0.4) is 0 Å². The number of thioether (sulfide) groups is 1. The van der Waals surface area contributed by atoms with E-state index in [0.717, 1.165) is 34.6 Å². The van der Waals surface area contributed by atoms with Crippen molar-refractivity contribution in [2.24, 2.45) is 0 Å². The van der Waals surface area contributed by atoms with Crippen LogP contribution in [0.4, 0.5) is 0 Å². The van der Waals surface area contributed by atoms with Gasteiger partial charge in [0.15, 0.2) is 12.2 Å². The predicted molar refractivity (Wildman–Crippen MR) is 130 cm³/mol. The van der Waals surface area contributed by atoms with Crippen LogP contribution in [0.1, 0.15) is 23.1 Å². The van der Waals surface area contributed by atoms with Gasteiger partial charge in [-0.3, -0.25) is 9.59 Å². The minimum atomic E-state index is -1.80. The summed E-state index contributed by atoms with van der Waals surface area (Å²) in [5, 5.41) is 23.8. The third-order valence-electron chi connectivity index (χ3n) is 6.10. The number of carbonyl (C=O) groups is 2. The van der Waals surface area contributed by atoms with E-state index in [2.05, 4.69) is 5.41 Å². The zero-order chi connectivity index (χ0) is 23.5. The van der Waals surface area contributed by atoms with Crippen molar-refractivity contribution in [1.82, 2.24) is 9.80 Å². The van der Waals surface area contributed by atoms with Crippen molar-refractivity contribution in [3.05, 3.63) is 81.2 Å². The van der Waals surface area contributed by atoms with Crippen molar-refractivity contribution in [2.75, 3.05) is 13.6 Å². The SMILES string of the molecule is CN(CC1CC(Cc2ccccc2Cl)=CS1)C(=O)[C@H](O)[C@@H](O)C(=O)N1Cc2ccccc2C1. The van der Waals surface area contributed by atoms with Gasteiger partial charge in [-0.2, -0.15) is 0 Å². The fourth-order valence-corrected chi connectivity index (χ4v) is 5.64. The number of aliphatic hydroxyl groups is 2. The summed E-state index contributed by atoms with van der Waals surface area (Å²) in [6.45, 7) is 1.13. The standard InChI is InChI=1S/C25H27ClN2O4S/c1-27(14-20-11-16(15-33-20)10-17-6-4-5-9-21(17)26)24(31)22(29)23(30)25(32)28-12-18-7-2-3-8-19(18)13-28/h2-9,15,20,22-23,29-30H,10-14H2,1H3/t20?,22-,23-/m1/s1. The lowest BCUT2D eigenvalue weighted by molar-refractivity contribution is -0.157. The summed E-state index contributed by atoms with van der Waals surface area (Å²) in [5.41, 5.74) is 4.32. The number of benzene rings is 2. The number of hydrogen-bond acceptors (Lipinski definition) is 5. The first kappa shape index (κ1) is 23.8. The van der Waals surface area contributed by atoms with Crippen LogP contribution < -0.4 is 0 Å². The van der Waals surface area contributed by atoms with Crippen LogP contribution >= 0.6 is 23.4 Å². The highest BCUT2D eigenvalue weighted by Gasteiger charge is 2.37. The number of hydrogen-bond donors (Lipinski definition) is 2. The summed E-state index contributed by atoms with van der Waals surface area (Å²) in [4.78, 5) is 28.3. The molecule has 2 aliphatic heterocycles. The van der Waals surface area contributed by atoms with Gasteiger partial charge in [-0.05, 0) is 41.0 Å². The van der Waals surface area contributed by atoms with E-state index in [1.165, 1.54) is 15.4 Å². The fraction of sp³-hybridized carbons (Fsp3) is 0.360. The molecule has 0 spiro atoms. The molecule has 0 fully saturated rings. The van der Waals surface area contributed by atoms with Gasteiger partial charge < -0.3 is 20.0 Å². The molecule has 1 unspecified atom stereocenters. The zero-order valence-electron chi connectivity index (χ0n) is 18.4. The number of amides is 2. The average molecular weight is 487 g/mol. The second kappa shape index (κ2) is 10.3. The van der Waals surface area contributed by atoms with Crippen molar-refractivity contribution < 1.29 is 19.8 Å². The second-order valence-corrected chi connectivity index (χ2v) is 10.2. The fourth-order valence-electron chi connectivity index (χ4n) is 4.26. The second-order valence-electron chi connectivity index (χ2n) is 8.58. The molecule has 4 rings (SSSR count). The van der Waals surface area contributed by atoms with Crippen LogP contribution in [0.15, 0.2) is 59.5 Å². The summed E-state index contributed by atoms with van der Waals surface area (Å²) < 4.78 is 0. The molecule has 0 aromatic heterocycles. The minimum Gasteiger partial charge on any atom is -0.380 e. The number of allylic oxidation sites excluding steroid dienone is 1. The Morgan fingerprint density at radius 3 is 2.39 bits per heavy atom. The number of rotatable bonds is 7. The smallest absolute Gasteiger partial charge is 0.255 e. The molecule has 8 heteroatoms. The van der Waals surface area contributed by atoms with E-state index < -0.39 is 24.0 Å². The largest absolute Gasteiger partial charge is 0.380 e. The summed E-state index contributed by atoms with van der Waals surface area (Å²) in [6, 6.07) is 15.4. The van der Waals surface area contributed by atoms with Gasteiger partial charge in [0, 0.05) is 37.0 Å². The molecule has 3 atom stereocenters. The molecule has 2 aliphatic rings. The maximum atomic E-state index is 12.7. The third kappa shape index (κ3) is 5.44. The Labute approximate surface area is 202 Å². The van der Waals surface area contributed by atoms with Crippen molar-refractivity contribution in [2.45, 2.75) is 43.4 Å². The number of carbonyl (C=O) groups excluding carboxylic acids is 2. The van der Waals surface area contributed by atoms with Gasteiger partial charge in [0.05, 0.1) is 0 Å². The molecule has 0 aliphatic carbocycles. The Hall–Kier alpha value is -2.32. The number of nitrogens with zero attached hydrogens (tertiary/aromatic N) is 2. The van der Waals surface area contributed by atoms with Gasteiger partial charge in [-0.25, -0.2) is 0 Å². The van der Waals surface area contributed by atoms with E-state index >= 15 is 0 Å². The molecule has 174 valence electrons. The number of fused-ring (bicyclic) bond motifs is 1. The van der Waals surface area contributed by atoms with Crippen LogP contribution in [0.25, 0.3) is 0 Å². The van der Waals surface area contributed by atoms with Crippen LogP contribution in [-0.2, 0) is 29.1 Å². The maximum absolute atomic E-state index is 12.7. The Balaban J connectivity index is 1.27. The van der Waals surface area contributed by atoms with Crippen LogP contribution in [0.2, 0.25) is 5.02 Å². The predicted octanol–water partition coefficient (Wildman–Crippen LogP) is 2.99. The molecule has 0 bridgehead atoms. The summed E-state index contributed by atoms with van der Waals surface area (Å²) in [6.07, 6.45) is -2.03. The summed E-state index contributed by atoms with van der Waals surface area (Å²) in [7, 11) is 1.58. The van der Waals surface area contributed by atoms with Crippen molar-refractivity contribution >= 4 is 35.2 Å². The summed E-state index contributed by atoms with van der Waals surface area (Å²) >= 11 is 7.90. The zero-order valence-corrected chi connectivity index (χ0v) is 19.9. The highest BCUT2D eigenvalue weighted by Crippen LogP contribution is 2.33. The molecule has 33 heavy (non-hydrogen) atoms. The van der Waals surface area contributed by atoms with E-state index in [4.69, 9.17) is 11.6 Å². The average Bonchev–Trinajstić information content (AvgIpc) is 3.45.